The van der Waals surface area contributed by atoms with E-state index in [9.17, 15) is 5.11 Å². The van der Waals surface area contributed by atoms with Gasteiger partial charge in [-0.25, -0.2) is 4.99 Å². The molecule has 0 bridgehead atoms. The smallest absolute Gasteiger partial charge is 0.191 e. The number of benzene rings is 1. The zero-order valence-corrected chi connectivity index (χ0v) is 19.9. The number of aromatic nitrogens is 4. The molecule has 9 heteroatoms. The lowest BCUT2D eigenvalue weighted by Crippen LogP contribution is -2.44. The Morgan fingerprint density at radius 2 is 2.00 bits per heavy atom. The topological polar surface area (TPSA) is 92.3 Å². The van der Waals surface area contributed by atoms with Crippen LogP contribution in [0.5, 0.6) is 0 Å². The van der Waals surface area contributed by atoms with Crippen molar-refractivity contribution in [3.05, 3.63) is 71.8 Å². The van der Waals surface area contributed by atoms with Crippen LogP contribution in [0.3, 0.4) is 0 Å². The first kappa shape index (κ1) is 23.9. The van der Waals surface area contributed by atoms with Gasteiger partial charge in [0.1, 0.15) is 5.60 Å². The number of aliphatic imine (C=N–C) groups is 1. The normalized spacial score (nSPS) is 13.4. The van der Waals surface area contributed by atoms with Crippen LogP contribution in [-0.4, -0.2) is 43.7 Å². The van der Waals surface area contributed by atoms with Gasteiger partial charge in [0.2, 0.25) is 0 Å². The van der Waals surface area contributed by atoms with Gasteiger partial charge in [-0.15, -0.1) is 24.0 Å². The summed E-state index contributed by atoms with van der Waals surface area (Å²) in [6.07, 6.45) is 7.23. The van der Waals surface area contributed by atoms with Crippen LogP contribution < -0.4 is 10.6 Å². The lowest BCUT2D eigenvalue weighted by atomic mass is 10.00. The fourth-order valence-electron chi connectivity index (χ4n) is 2.98. The second kappa shape index (κ2) is 11.1. The quantitative estimate of drug-likeness (QED) is 0.239. The molecule has 1 unspecified atom stereocenters. The van der Waals surface area contributed by atoms with E-state index < -0.39 is 5.60 Å². The van der Waals surface area contributed by atoms with Gasteiger partial charge in [-0.2, -0.15) is 10.2 Å². The molecule has 0 fully saturated rings. The minimum atomic E-state index is -1.05. The van der Waals surface area contributed by atoms with Crippen molar-refractivity contribution in [2.45, 2.75) is 32.5 Å². The SMILES string of the molecule is CCNC(=NCc1cccc(Cn2cccn2)c1)NCC(C)(O)c1cnn(C)c1.I. The van der Waals surface area contributed by atoms with Crippen LogP contribution in [0.25, 0.3) is 0 Å². The third-order valence-corrected chi connectivity index (χ3v) is 4.59. The van der Waals surface area contributed by atoms with Crippen LogP contribution in [-0.2, 0) is 25.7 Å². The van der Waals surface area contributed by atoms with E-state index in [-0.39, 0.29) is 24.0 Å². The number of nitrogens with zero attached hydrogens (tertiary/aromatic N) is 5. The molecule has 0 aliphatic carbocycles. The summed E-state index contributed by atoms with van der Waals surface area (Å²) in [6.45, 7) is 6.11. The van der Waals surface area contributed by atoms with Crippen LogP contribution in [0, 0.1) is 0 Å². The van der Waals surface area contributed by atoms with Gasteiger partial charge in [0.15, 0.2) is 5.96 Å². The molecule has 0 amide bonds. The first-order chi connectivity index (χ1) is 14.0. The molecule has 2 aromatic heterocycles. The molecule has 1 atom stereocenters. The highest BCUT2D eigenvalue weighted by molar-refractivity contribution is 14.0. The maximum atomic E-state index is 10.8. The summed E-state index contributed by atoms with van der Waals surface area (Å²) in [6, 6.07) is 10.2. The third-order valence-electron chi connectivity index (χ3n) is 4.59. The Balaban J connectivity index is 0.00000320. The third kappa shape index (κ3) is 6.84. The lowest BCUT2D eigenvalue weighted by Gasteiger charge is -2.23. The summed E-state index contributed by atoms with van der Waals surface area (Å²) < 4.78 is 3.58. The summed E-state index contributed by atoms with van der Waals surface area (Å²) >= 11 is 0. The molecule has 0 saturated carbocycles. The summed E-state index contributed by atoms with van der Waals surface area (Å²) in [5.41, 5.74) is 2.01. The molecular formula is C21H30IN7O. The van der Waals surface area contributed by atoms with Crippen LogP contribution in [0.15, 0.2) is 60.1 Å². The van der Waals surface area contributed by atoms with E-state index in [2.05, 4.69) is 44.0 Å². The van der Waals surface area contributed by atoms with E-state index in [0.717, 1.165) is 24.2 Å². The minimum Gasteiger partial charge on any atom is -0.383 e. The van der Waals surface area contributed by atoms with Gasteiger partial charge < -0.3 is 15.7 Å². The molecule has 0 spiro atoms. The summed E-state index contributed by atoms with van der Waals surface area (Å²) in [5, 5.41) is 25.6. The van der Waals surface area contributed by atoms with Crippen LogP contribution in [0.4, 0.5) is 0 Å². The Morgan fingerprint density at radius 1 is 1.20 bits per heavy atom. The van der Waals surface area contributed by atoms with Gasteiger partial charge in [0, 0.05) is 37.7 Å². The van der Waals surface area contributed by atoms with Gasteiger partial charge in [-0.1, -0.05) is 24.3 Å². The number of hydrogen-bond donors (Lipinski definition) is 3. The van der Waals surface area contributed by atoms with Gasteiger partial charge in [0.25, 0.3) is 0 Å². The summed E-state index contributed by atoms with van der Waals surface area (Å²) in [4.78, 5) is 4.66. The molecule has 3 aromatic rings. The molecule has 0 aliphatic rings. The van der Waals surface area contributed by atoms with Crippen molar-refractivity contribution >= 4 is 29.9 Å². The highest BCUT2D eigenvalue weighted by Crippen LogP contribution is 2.18. The van der Waals surface area contributed by atoms with Crippen molar-refractivity contribution in [2.75, 3.05) is 13.1 Å². The molecule has 30 heavy (non-hydrogen) atoms. The Hall–Kier alpha value is -2.40. The van der Waals surface area contributed by atoms with Crippen molar-refractivity contribution < 1.29 is 5.11 Å². The van der Waals surface area contributed by atoms with Crippen LogP contribution in [0.1, 0.15) is 30.5 Å². The van der Waals surface area contributed by atoms with E-state index in [4.69, 9.17) is 0 Å². The van der Waals surface area contributed by atoms with E-state index in [1.165, 1.54) is 5.56 Å². The first-order valence-corrected chi connectivity index (χ1v) is 9.75. The number of hydrogen-bond acceptors (Lipinski definition) is 4. The fraction of sp³-hybridized carbons (Fsp3) is 0.381. The van der Waals surface area contributed by atoms with Crippen molar-refractivity contribution in [3.63, 3.8) is 0 Å². The standard InChI is InChI=1S/C21H29N7O.HI/c1-4-22-20(24-16-21(2,29)19-13-26-27(3)15-19)23-12-17-7-5-8-18(11-17)14-28-10-6-9-25-28;/h5-11,13,15,29H,4,12,14,16H2,1-3H3,(H2,22,23,24);1H. The zero-order chi connectivity index (χ0) is 20.7. The second-order valence-corrected chi connectivity index (χ2v) is 7.25. The molecule has 1 aromatic carbocycles. The number of rotatable bonds is 8. The number of aliphatic hydroxyl groups is 1. The zero-order valence-electron chi connectivity index (χ0n) is 17.6. The van der Waals surface area contributed by atoms with E-state index in [0.29, 0.717) is 19.0 Å². The Bertz CT molecular complexity index is 935. The highest BCUT2D eigenvalue weighted by atomic mass is 127. The highest BCUT2D eigenvalue weighted by Gasteiger charge is 2.24. The number of halogens is 1. The monoisotopic (exact) mass is 523 g/mol. The molecule has 0 aliphatic heterocycles. The van der Waals surface area contributed by atoms with Gasteiger partial charge in [-0.05, 0) is 31.0 Å². The maximum absolute atomic E-state index is 10.8. The van der Waals surface area contributed by atoms with Crippen LogP contribution in [0.2, 0.25) is 0 Å². The average molecular weight is 523 g/mol. The molecule has 0 saturated heterocycles. The molecular weight excluding hydrogens is 493 g/mol. The van der Waals surface area contributed by atoms with Crippen molar-refractivity contribution in [1.29, 1.82) is 0 Å². The van der Waals surface area contributed by atoms with E-state index >= 15 is 0 Å². The molecule has 2 heterocycles. The van der Waals surface area contributed by atoms with Crippen molar-refractivity contribution in [1.82, 2.24) is 30.2 Å². The maximum Gasteiger partial charge on any atom is 0.191 e. The van der Waals surface area contributed by atoms with E-state index in [1.54, 1.807) is 24.0 Å². The van der Waals surface area contributed by atoms with Crippen molar-refractivity contribution in [2.24, 2.45) is 12.0 Å². The number of nitrogens with one attached hydrogen (secondary N) is 2. The Labute approximate surface area is 194 Å². The van der Waals surface area contributed by atoms with Crippen molar-refractivity contribution in [3.8, 4) is 0 Å². The molecule has 162 valence electrons. The molecule has 0 radical (unpaired) electrons. The van der Waals surface area contributed by atoms with E-state index in [1.807, 2.05) is 43.2 Å². The number of aryl methyl sites for hydroxylation is 1. The average Bonchev–Trinajstić information content (AvgIpc) is 3.36. The summed E-state index contributed by atoms with van der Waals surface area (Å²) in [5.74, 6) is 0.661. The fourth-order valence-corrected chi connectivity index (χ4v) is 2.98. The first-order valence-electron chi connectivity index (χ1n) is 9.75. The Morgan fingerprint density at radius 3 is 2.67 bits per heavy atom. The number of guanidine groups is 1. The summed E-state index contributed by atoms with van der Waals surface area (Å²) in [7, 11) is 1.83. The Kier molecular flexibility index (Phi) is 8.85. The van der Waals surface area contributed by atoms with Gasteiger partial charge in [0.05, 0.1) is 25.8 Å². The molecule has 3 rings (SSSR count). The molecule has 8 nitrogen and oxygen atoms in total. The largest absolute Gasteiger partial charge is 0.383 e. The van der Waals surface area contributed by atoms with Crippen LogP contribution >= 0.6 is 24.0 Å². The lowest BCUT2D eigenvalue weighted by molar-refractivity contribution is 0.0616. The molecule has 3 N–H and O–H groups in total. The second-order valence-electron chi connectivity index (χ2n) is 7.25. The van der Waals surface area contributed by atoms with Gasteiger partial charge in [-0.3, -0.25) is 9.36 Å². The van der Waals surface area contributed by atoms with Gasteiger partial charge >= 0.3 is 0 Å². The minimum absolute atomic E-state index is 0. The predicted molar refractivity (Wildman–Crippen MR) is 129 cm³/mol. The predicted octanol–water partition coefficient (Wildman–Crippen LogP) is 2.25.